The molecule has 1 N–H and O–H groups in total. The number of halogens is 2. The second-order valence-corrected chi connectivity index (χ2v) is 8.37. The van der Waals surface area contributed by atoms with Gasteiger partial charge in [-0.15, -0.1) is 0 Å². The number of ether oxygens (including phenoxy) is 1. The first kappa shape index (κ1) is 20.5. The molecule has 0 bridgehead atoms. The molecule has 7 heteroatoms. The van der Waals surface area contributed by atoms with Gasteiger partial charge in [-0.05, 0) is 53.2 Å². The number of benzene rings is 4. The molecule has 0 fully saturated rings. The fourth-order valence-corrected chi connectivity index (χ4v) is 4.17. The van der Waals surface area contributed by atoms with E-state index in [4.69, 9.17) is 20.8 Å². The smallest absolute Gasteiger partial charge is 0.262 e. The van der Waals surface area contributed by atoms with E-state index in [1.54, 1.807) is 42.5 Å². The summed E-state index contributed by atoms with van der Waals surface area (Å²) in [5.74, 6) is 0.684. The van der Waals surface area contributed by atoms with Crippen molar-refractivity contribution in [1.29, 1.82) is 0 Å². The predicted molar refractivity (Wildman–Crippen MR) is 130 cm³/mol. The lowest BCUT2D eigenvalue weighted by molar-refractivity contribution is -0.118. The summed E-state index contributed by atoms with van der Waals surface area (Å²) in [5, 5.41) is 5.39. The monoisotopic (exact) mass is 506 g/mol. The lowest BCUT2D eigenvalue weighted by atomic mass is 10.0. The molecule has 0 atom stereocenters. The topological polar surface area (TPSA) is 64.4 Å². The van der Waals surface area contributed by atoms with E-state index in [1.165, 1.54) is 0 Å². The molecule has 0 aliphatic carbocycles. The van der Waals surface area contributed by atoms with Gasteiger partial charge in [0.15, 0.2) is 12.2 Å². The van der Waals surface area contributed by atoms with Crippen molar-refractivity contribution >= 4 is 61.0 Å². The van der Waals surface area contributed by atoms with Crippen LogP contribution in [0.15, 0.2) is 87.8 Å². The maximum Gasteiger partial charge on any atom is 0.262 e. The number of amides is 1. The van der Waals surface area contributed by atoms with E-state index in [1.807, 2.05) is 36.4 Å². The molecule has 4 aromatic carbocycles. The van der Waals surface area contributed by atoms with Gasteiger partial charge in [0.05, 0.1) is 5.02 Å². The molecule has 1 heterocycles. The molecule has 5 rings (SSSR count). The van der Waals surface area contributed by atoms with Gasteiger partial charge in [-0.1, -0.05) is 63.9 Å². The molecule has 1 aromatic heterocycles. The molecular weight excluding hydrogens is 492 g/mol. The Morgan fingerprint density at radius 2 is 1.81 bits per heavy atom. The van der Waals surface area contributed by atoms with E-state index in [9.17, 15) is 4.79 Å². The highest BCUT2D eigenvalue weighted by Crippen LogP contribution is 2.34. The molecule has 0 saturated carbocycles. The molecule has 5 nitrogen and oxygen atoms in total. The fraction of sp³-hybridized carbons (Fsp3) is 0.0400. The van der Waals surface area contributed by atoms with Crippen molar-refractivity contribution in [2.75, 3.05) is 11.9 Å². The van der Waals surface area contributed by atoms with Gasteiger partial charge in [0.1, 0.15) is 11.3 Å². The van der Waals surface area contributed by atoms with Crippen LogP contribution in [0.3, 0.4) is 0 Å². The second kappa shape index (κ2) is 8.65. The van der Waals surface area contributed by atoms with E-state index in [0.29, 0.717) is 33.4 Å². The summed E-state index contributed by atoms with van der Waals surface area (Å²) < 4.78 is 12.5. The molecular formula is C25H16BrClN2O3. The van der Waals surface area contributed by atoms with Crippen LogP contribution in [0, 0.1) is 0 Å². The fourth-order valence-electron chi connectivity index (χ4n) is 3.48. The lowest BCUT2D eigenvalue weighted by Crippen LogP contribution is -2.20. The number of carbonyl (C=O) groups is 1. The maximum absolute atomic E-state index is 12.3. The Bertz CT molecular complexity index is 1460. The first-order valence-corrected chi connectivity index (χ1v) is 11.0. The van der Waals surface area contributed by atoms with Crippen molar-refractivity contribution < 1.29 is 13.9 Å². The zero-order valence-corrected chi connectivity index (χ0v) is 19.0. The van der Waals surface area contributed by atoms with Crippen molar-refractivity contribution in [1.82, 2.24) is 4.98 Å². The van der Waals surface area contributed by atoms with E-state index < -0.39 is 0 Å². The quantitative estimate of drug-likeness (QED) is 0.276. The molecule has 0 saturated heterocycles. The van der Waals surface area contributed by atoms with E-state index in [2.05, 4.69) is 26.2 Å². The zero-order chi connectivity index (χ0) is 22.1. The molecule has 0 unspecified atom stereocenters. The molecule has 1 amide bonds. The van der Waals surface area contributed by atoms with Gasteiger partial charge in [0.2, 0.25) is 5.89 Å². The Balaban J connectivity index is 1.37. The Hall–Kier alpha value is -3.35. The number of carbonyl (C=O) groups excluding carboxylic acids is 1. The number of hydrogen-bond donors (Lipinski definition) is 1. The Labute approximate surface area is 197 Å². The number of nitrogens with zero attached hydrogens (tertiary/aromatic N) is 1. The van der Waals surface area contributed by atoms with Crippen LogP contribution in [0.4, 0.5) is 5.69 Å². The summed E-state index contributed by atoms with van der Waals surface area (Å²) in [5.41, 5.74) is 2.79. The van der Waals surface area contributed by atoms with Crippen LogP contribution in [0.1, 0.15) is 0 Å². The first-order valence-electron chi connectivity index (χ1n) is 9.84. The number of fused-ring (bicyclic) bond motifs is 2. The van der Waals surface area contributed by atoms with Crippen LogP contribution in [0.5, 0.6) is 5.75 Å². The number of aromatic nitrogens is 1. The van der Waals surface area contributed by atoms with Gasteiger partial charge < -0.3 is 14.5 Å². The van der Waals surface area contributed by atoms with Crippen LogP contribution in [-0.4, -0.2) is 17.5 Å². The Morgan fingerprint density at radius 1 is 1.00 bits per heavy atom. The number of hydrogen-bond acceptors (Lipinski definition) is 4. The van der Waals surface area contributed by atoms with Gasteiger partial charge in [0, 0.05) is 15.7 Å². The lowest BCUT2D eigenvalue weighted by Gasteiger charge is -2.08. The van der Waals surface area contributed by atoms with Crippen molar-refractivity contribution in [3.05, 3.63) is 88.4 Å². The van der Waals surface area contributed by atoms with E-state index in [0.717, 1.165) is 20.8 Å². The minimum Gasteiger partial charge on any atom is -0.482 e. The molecule has 5 aromatic rings. The van der Waals surface area contributed by atoms with Crippen molar-refractivity contribution in [2.45, 2.75) is 0 Å². The van der Waals surface area contributed by atoms with Crippen LogP contribution >= 0.6 is 27.5 Å². The van der Waals surface area contributed by atoms with Crippen molar-refractivity contribution in [3.63, 3.8) is 0 Å². The second-order valence-electron chi connectivity index (χ2n) is 7.11. The molecule has 0 aliphatic heterocycles. The number of oxazole rings is 1. The third-order valence-corrected chi connectivity index (χ3v) is 5.97. The van der Waals surface area contributed by atoms with E-state index in [-0.39, 0.29) is 12.5 Å². The summed E-state index contributed by atoms with van der Waals surface area (Å²) in [6.45, 7) is -0.156. The van der Waals surface area contributed by atoms with Gasteiger partial charge >= 0.3 is 0 Å². The van der Waals surface area contributed by atoms with Gasteiger partial charge in [-0.3, -0.25) is 4.79 Å². The van der Waals surface area contributed by atoms with Crippen LogP contribution in [0.25, 0.3) is 33.3 Å². The summed E-state index contributed by atoms with van der Waals surface area (Å²) in [6.07, 6.45) is 0. The minimum atomic E-state index is -0.299. The van der Waals surface area contributed by atoms with E-state index >= 15 is 0 Å². The number of nitrogens with one attached hydrogen (secondary N) is 1. The molecule has 0 aliphatic rings. The van der Waals surface area contributed by atoms with Crippen molar-refractivity contribution in [3.8, 4) is 17.2 Å². The average Bonchev–Trinajstić information content (AvgIpc) is 3.22. The van der Waals surface area contributed by atoms with Crippen LogP contribution in [-0.2, 0) is 4.79 Å². The average molecular weight is 508 g/mol. The normalized spacial score (nSPS) is 11.1. The van der Waals surface area contributed by atoms with Gasteiger partial charge in [-0.2, -0.15) is 0 Å². The van der Waals surface area contributed by atoms with Crippen molar-refractivity contribution in [2.24, 2.45) is 0 Å². The molecule has 0 radical (unpaired) electrons. The number of rotatable bonds is 5. The summed E-state index contributed by atoms with van der Waals surface area (Å²) >= 11 is 9.65. The van der Waals surface area contributed by atoms with Gasteiger partial charge in [0.25, 0.3) is 5.91 Å². The minimum absolute atomic E-state index is 0.156. The Kier molecular flexibility index (Phi) is 5.55. The number of para-hydroxylation sites is 1. The maximum atomic E-state index is 12.3. The van der Waals surface area contributed by atoms with Crippen LogP contribution in [0.2, 0.25) is 5.02 Å². The third kappa shape index (κ3) is 4.07. The van der Waals surface area contributed by atoms with Gasteiger partial charge in [-0.25, -0.2) is 4.98 Å². The largest absolute Gasteiger partial charge is 0.482 e. The van der Waals surface area contributed by atoms with Crippen LogP contribution < -0.4 is 10.1 Å². The molecule has 32 heavy (non-hydrogen) atoms. The number of anilines is 1. The molecule has 0 spiro atoms. The Morgan fingerprint density at radius 3 is 2.69 bits per heavy atom. The summed E-state index contributed by atoms with van der Waals surface area (Å²) in [4.78, 5) is 17.0. The SMILES string of the molecule is O=C(COc1ccccc1Cl)Nc1ccc2oc(-c3cccc4c(Br)cccc34)nc2c1. The zero-order valence-electron chi connectivity index (χ0n) is 16.6. The highest BCUT2D eigenvalue weighted by molar-refractivity contribution is 9.10. The highest BCUT2D eigenvalue weighted by Gasteiger charge is 2.13. The summed E-state index contributed by atoms with van der Waals surface area (Å²) in [7, 11) is 0. The third-order valence-electron chi connectivity index (χ3n) is 4.97. The standard InChI is InChI=1S/C25H16BrClN2O3/c26-19-8-4-5-16-17(19)6-3-7-18(16)25-29-21-13-15(11-12-23(21)32-25)28-24(30)14-31-22-10-2-1-9-20(22)27/h1-13H,14H2,(H,28,30). The summed E-state index contributed by atoms with van der Waals surface area (Å²) in [6, 6.07) is 24.4. The first-order chi connectivity index (χ1) is 15.6. The highest BCUT2D eigenvalue weighted by atomic mass is 79.9. The molecule has 158 valence electrons. The predicted octanol–water partition coefficient (Wildman–Crippen LogP) is 7.08.